The van der Waals surface area contributed by atoms with Crippen molar-refractivity contribution in [2.24, 2.45) is 0 Å². The van der Waals surface area contributed by atoms with Gasteiger partial charge < -0.3 is 0 Å². The largest absolute Gasteiger partial charge is 0.335 e. The Hall–Kier alpha value is -4.00. The van der Waals surface area contributed by atoms with E-state index in [1.807, 2.05) is 49.4 Å². The van der Waals surface area contributed by atoms with Gasteiger partial charge in [-0.15, -0.1) is 0 Å². The van der Waals surface area contributed by atoms with Crippen LogP contribution in [0.3, 0.4) is 0 Å². The van der Waals surface area contributed by atoms with Gasteiger partial charge in [0.2, 0.25) is 0 Å². The number of aryl methyl sites for hydroxylation is 1. The molecule has 29 heavy (non-hydrogen) atoms. The number of carbonyl (C=O) groups is 3. The van der Waals surface area contributed by atoms with Gasteiger partial charge in [0.25, 0.3) is 11.8 Å². The lowest BCUT2D eigenvalue weighted by Gasteiger charge is -2.26. The number of amides is 4. The number of urea groups is 1. The molecule has 1 aliphatic heterocycles. The van der Waals surface area contributed by atoms with Crippen molar-refractivity contribution < 1.29 is 14.4 Å². The predicted octanol–water partition coefficient (Wildman–Crippen LogP) is 3.10. The highest BCUT2D eigenvalue weighted by Gasteiger charge is 2.36. The Morgan fingerprint density at radius 1 is 0.966 bits per heavy atom. The van der Waals surface area contributed by atoms with Gasteiger partial charge in [0.05, 0.1) is 17.6 Å². The number of benzene rings is 2. The molecular weight excluding hydrogens is 368 g/mol. The molecule has 0 spiro atoms. The topological polar surface area (TPSA) is 84.3 Å². The molecule has 1 saturated heterocycles. The molecule has 0 atom stereocenters. The molecule has 1 aliphatic rings. The van der Waals surface area contributed by atoms with Crippen LogP contribution >= 0.6 is 0 Å². The summed E-state index contributed by atoms with van der Waals surface area (Å²) >= 11 is 0. The smallest absolute Gasteiger partial charge is 0.273 e. The first kappa shape index (κ1) is 18.4. The van der Waals surface area contributed by atoms with Crippen LogP contribution in [0.15, 0.2) is 72.6 Å². The number of hydrogen-bond acceptors (Lipinski definition) is 4. The highest BCUT2D eigenvalue weighted by Crippen LogP contribution is 2.22. The normalized spacial score (nSPS) is 15.7. The van der Waals surface area contributed by atoms with Crippen LogP contribution in [-0.4, -0.2) is 27.6 Å². The fraction of sp³-hybridized carbons (Fsp3) is 0.0909. The zero-order chi connectivity index (χ0) is 20.4. The maximum atomic E-state index is 12.9. The maximum absolute atomic E-state index is 12.9. The van der Waals surface area contributed by atoms with E-state index in [2.05, 4.69) is 10.4 Å². The summed E-state index contributed by atoms with van der Waals surface area (Å²) in [6.07, 6.45) is 5.54. The number of rotatable bonds is 4. The van der Waals surface area contributed by atoms with E-state index in [-0.39, 0.29) is 5.57 Å². The summed E-state index contributed by atoms with van der Waals surface area (Å²) in [5.41, 5.74) is 2.78. The number of imide groups is 2. The van der Waals surface area contributed by atoms with Gasteiger partial charge in [-0.25, -0.2) is 14.4 Å². The standard InChI is InChI=1S/C22H18N4O3/c1-2-15-8-10-18(11-9-15)26-21(28)19(20(27)24-22(26)29)12-16-13-23-25(14-16)17-6-4-3-5-7-17/h3-14H,2H2,1H3,(H,24,27,29). The minimum atomic E-state index is -0.763. The van der Waals surface area contributed by atoms with Crippen LogP contribution in [0.2, 0.25) is 0 Å². The highest BCUT2D eigenvalue weighted by molar-refractivity contribution is 6.39. The third-order valence-electron chi connectivity index (χ3n) is 4.64. The van der Waals surface area contributed by atoms with E-state index in [0.29, 0.717) is 11.3 Å². The Kier molecular flexibility index (Phi) is 4.78. The summed E-state index contributed by atoms with van der Waals surface area (Å²) in [4.78, 5) is 38.5. The summed E-state index contributed by atoms with van der Waals surface area (Å²) in [6, 6.07) is 15.8. The lowest BCUT2D eigenvalue weighted by Crippen LogP contribution is -2.54. The van der Waals surface area contributed by atoms with E-state index in [9.17, 15) is 14.4 Å². The molecular formula is C22H18N4O3. The number of nitrogens with zero attached hydrogens (tertiary/aromatic N) is 3. The van der Waals surface area contributed by atoms with Crippen LogP contribution in [0, 0.1) is 0 Å². The van der Waals surface area contributed by atoms with Crippen molar-refractivity contribution in [3.8, 4) is 5.69 Å². The molecule has 0 unspecified atom stereocenters. The SMILES string of the molecule is CCc1ccc(N2C(=O)NC(=O)C(=Cc3cnn(-c4ccccc4)c3)C2=O)cc1. The number of hydrogen-bond donors (Lipinski definition) is 1. The average molecular weight is 386 g/mol. The predicted molar refractivity (Wildman–Crippen MR) is 108 cm³/mol. The molecule has 2 aromatic carbocycles. The van der Waals surface area contributed by atoms with Crippen LogP contribution < -0.4 is 10.2 Å². The summed E-state index contributed by atoms with van der Waals surface area (Å²) < 4.78 is 1.64. The van der Waals surface area contributed by atoms with E-state index in [1.165, 1.54) is 6.08 Å². The first-order valence-electron chi connectivity index (χ1n) is 9.17. The van der Waals surface area contributed by atoms with Gasteiger partial charge in [-0.3, -0.25) is 14.9 Å². The third kappa shape index (κ3) is 3.58. The minimum absolute atomic E-state index is 0.128. The number of anilines is 1. The Labute approximate surface area is 167 Å². The summed E-state index contributed by atoms with van der Waals surface area (Å²) in [6.45, 7) is 2.02. The fourth-order valence-corrected chi connectivity index (χ4v) is 3.07. The minimum Gasteiger partial charge on any atom is -0.273 e. The van der Waals surface area contributed by atoms with E-state index in [4.69, 9.17) is 0 Å². The van der Waals surface area contributed by atoms with Gasteiger partial charge in [-0.05, 0) is 42.3 Å². The fourth-order valence-electron chi connectivity index (χ4n) is 3.07. The van der Waals surface area contributed by atoms with E-state index < -0.39 is 17.8 Å². The number of barbiturate groups is 1. The number of aromatic nitrogens is 2. The van der Waals surface area contributed by atoms with Gasteiger partial charge in [0.15, 0.2) is 0 Å². The first-order valence-corrected chi connectivity index (χ1v) is 9.17. The molecule has 0 bridgehead atoms. The zero-order valence-corrected chi connectivity index (χ0v) is 15.7. The van der Waals surface area contributed by atoms with Gasteiger partial charge in [0, 0.05) is 11.8 Å². The molecule has 1 fully saturated rings. The molecule has 0 radical (unpaired) electrons. The second kappa shape index (κ2) is 7.55. The first-order chi connectivity index (χ1) is 14.1. The molecule has 2 heterocycles. The van der Waals surface area contributed by atoms with Crippen molar-refractivity contribution in [1.82, 2.24) is 15.1 Å². The molecule has 0 saturated carbocycles. The van der Waals surface area contributed by atoms with Crippen molar-refractivity contribution >= 4 is 29.6 Å². The molecule has 144 valence electrons. The van der Waals surface area contributed by atoms with Crippen LogP contribution in [0.4, 0.5) is 10.5 Å². The van der Waals surface area contributed by atoms with Gasteiger partial charge in [-0.2, -0.15) is 5.10 Å². The van der Waals surface area contributed by atoms with Crippen LogP contribution in [-0.2, 0) is 16.0 Å². The Morgan fingerprint density at radius 3 is 2.38 bits per heavy atom. The van der Waals surface area contributed by atoms with Crippen LogP contribution in [0.5, 0.6) is 0 Å². The van der Waals surface area contributed by atoms with Gasteiger partial charge in [-0.1, -0.05) is 37.3 Å². The van der Waals surface area contributed by atoms with Crippen molar-refractivity contribution in [3.63, 3.8) is 0 Å². The quantitative estimate of drug-likeness (QED) is 0.552. The summed E-state index contributed by atoms with van der Waals surface area (Å²) in [7, 11) is 0. The molecule has 4 rings (SSSR count). The Morgan fingerprint density at radius 2 is 1.69 bits per heavy atom. The Balaban J connectivity index is 1.66. The van der Waals surface area contributed by atoms with Gasteiger partial charge >= 0.3 is 6.03 Å². The van der Waals surface area contributed by atoms with Crippen LogP contribution in [0.25, 0.3) is 11.8 Å². The summed E-state index contributed by atoms with van der Waals surface area (Å²) in [5.74, 6) is -1.40. The van der Waals surface area contributed by atoms with E-state index in [0.717, 1.165) is 22.6 Å². The molecule has 7 nitrogen and oxygen atoms in total. The number of para-hydroxylation sites is 1. The van der Waals surface area contributed by atoms with Gasteiger partial charge in [0.1, 0.15) is 5.57 Å². The second-order valence-corrected chi connectivity index (χ2v) is 6.53. The monoisotopic (exact) mass is 386 g/mol. The van der Waals surface area contributed by atoms with Crippen LogP contribution in [0.1, 0.15) is 18.1 Å². The number of nitrogens with one attached hydrogen (secondary N) is 1. The summed E-state index contributed by atoms with van der Waals surface area (Å²) in [5, 5.41) is 6.49. The highest BCUT2D eigenvalue weighted by atomic mass is 16.2. The Bertz CT molecular complexity index is 1110. The van der Waals surface area contributed by atoms with Crippen molar-refractivity contribution in [2.75, 3.05) is 4.90 Å². The molecule has 3 aromatic rings. The lowest BCUT2D eigenvalue weighted by atomic mass is 10.1. The maximum Gasteiger partial charge on any atom is 0.335 e. The molecule has 4 amide bonds. The van der Waals surface area contributed by atoms with E-state index in [1.54, 1.807) is 29.2 Å². The second-order valence-electron chi connectivity index (χ2n) is 6.53. The molecule has 0 aliphatic carbocycles. The zero-order valence-electron chi connectivity index (χ0n) is 15.7. The van der Waals surface area contributed by atoms with Crippen molar-refractivity contribution in [1.29, 1.82) is 0 Å². The number of carbonyl (C=O) groups excluding carboxylic acids is 3. The van der Waals surface area contributed by atoms with E-state index >= 15 is 0 Å². The molecule has 1 aromatic heterocycles. The molecule has 1 N–H and O–H groups in total. The molecule has 7 heteroatoms. The van der Waals surface area contributed by atoms with Crippen molar-refractivity contribution in [2.45, 2.75) is 13.3 Å². The third-order valence-corrected chi connectivity index (χ3v) is 4.64. The average Bonchev–Trinajstić information content (AvgIpc) is 3.21. The lowest BCUT2D eigenvalue weighted by molar-refractivity contribution is -0.122. The van der Waals surface area contributed by atoms with Crippen molar-refractivity contribution in [3.05, 3.63) is 83.7 Å².